The molecule has 12 heteroatoms. The van der Waals surface area contributed by atoms with Gasteiger partial charge in [-0.1, -0.05) is 17.8 Å². The Labute approximate surface area is 178 Å². The monoisotopic (exact) mass is 443 g/mol. The van der Waals surface area contributed by atoms with Crippen LogP contribution in [0.15, 0.2) is 73.7 Å². The number of nitrogens with one attached hydrogen (secondary N) is 1. The lowest BCUT2D eigenvalue weighted by atomic mass is 10.2. The van der Waals surface area contributed by atoms with Crippen molar-refractivity contribution in [1.82, 2.24) is 10.3 Å². The van der Waals surface area contributed by atoms with Crippen molar-refractivity contribution >= 4 is 52.5 Å². The number of hydrogen-bond donors (Lipinski definition) is 1. The highest BCUT2D eigenvalue weighted by molar-refractivity contribution is 8.18. The van der Waals surface area contributed by atoms with E-state index in [0.717, 1.165) is 17.8 Å². The zero-order chi connectivity index (χ0) is 21.5. The molecular formula is C18H13N5O5S2. The lowest BCUT2D eigenvalue weighted by Crippen LogP contribution is -2.19. The Kier molecular flexibility index (Phi) is 6.93. The van der Waals surface area contributed by atoms with Gasteiger partial charge in [-0.05, 0) is 30.0 Å². The molecule has 0 spiro atoms. The van der Waals surface area contributed by atoms with E-state index < -0.39 is 16.8 Å². The normalized spacial score (nSPS) is 16.2. The van der Waals surface area contributed by atoms with E-state index in [4.69, 9.17) is 0 Å². The van der Waals surface area contributed by atoms with Gasteiger partial charge in [0.05, 0.1) is 23.2 Å². The molecule has 1 aliphatic rings. The van der Waals surface area contributed by atoms with Gasteiger partial charge in [0.15, 0.2) is 5.17 Å². The summed E-state index contributed by atoms with van der Waals surface area (Å²) in [5.41, 5.74) is 0.366. The summed E-state index contributed by atoms with van der Waals surface area (Å²) in [7, 11) is 1.20. The summed E-state index contributed by atoms with van der Waals surface area (Å²) in [6.45, 7) is 0. The van der Waals surface area contributed by atoms with Crippen molar-refractivity contribution < 1.29 is 19.2 Å². The van der Waals surface area contributed by atoms with E-state index in [1.807, 2.05) is 12.1 Å². The van der Waals surface area contributed by atoms with Crippen molar-refractivity contribution in [2.24, 2.45) is 10.2 Å². The number of carbonyl (C=O) groups is 2. The first-order chi connectivity index (χ1) is 14.5. The Morgan fingerprint density at radius 3 is 2.90 bits per heavy atom. The molecule has 1 amide bonds. The molecule has 1 N–H and O–H groups in total. The first-order valence-electron chi connectivity index (χ1n) is 8.23. The van der Waals surface area contributed by atoms with E-state index in [1.165, 1.54) is 37.2 Å². The van der Waals surface area contributed by atoms with Gasteiger partial charge < -0.3 is 4.74 Å². The fraction of sp³-hybridized carbons (Fsp3) is 0.0556. The lowest BCUT2D eigenvalue weighted by Gasteiger charge is -2.04. The molecule has 0 atom stereocenters. The summed E-state index contributed by atoms with van der Waals surface area (Å²) < 4.78 is 4.49. The Morgan fingerprint density at radius 2 is 2.20 bits per heavy atom. The maximum atomic E-state index is 11.8. The predicted octanol–water partition coefficient (Wildman–Crippen LogP) is 2.75. The number of esters is 1. The van der Waals surface area contributed by atoms with Crippen LogP contribution in [0.1, 0.15) is 5.56 Å². The van der Waals surface area contributed by atoms with Gasteiger partial charge in [0.1, 0.15) is 5.03 Å². The van der Waals surface area contributed by atoms with E-state index in [-0.39, 0.29) is 15.8 Å². The van der Waals surface area contributed by atoms with Gasteiger partial charge in [-0.25, -0.2) is 9.78 Å². The van der Waals surface area contributed by atoms with Crippen LogP contribution in [0.5, 0.6) is 0 Å². The van der Waals surface area contributed by atoms with Gasteiger partial charge in [0.2, 0.25) is 0 Å². The van der Waals surface area contributed by atoms with Crippen molar-refractivity contribution in [3.05, 3.63) is 69.3 Å². The summed E-state index contributed by atoms with van der Waals surface area (Å²) in [6, 6.07) is 9.81. The second kappa shape index (κ2) is 9.80. The molecule has 0 aliphatic carbocycles. The van der Waals surface area contributed by atoms with E-state index in [2.05, 4.69) is 25.2 Å². The Bertz CT molecular complexity index is 1090. The summed E-state index contributed by atoms with van der Waals surface area (Å²) in [4.78, 5) is 38.7. The maximum absolute atomic E-state index is 11.8. The molecule has 0 radical (unpaired) electrons. The largest absolute Gasteiger partial charge is 0.466 e. The quantitative estimate of drug-likeness (QED) is 0.237. The Balaban J connectivity index is 1.83. The third-order valence-corrected chi connectivity index (χ3v) is 5.45. The third kappa shape index (κ3) is 5.52. The van der Waals surface area contributed by atoms with Gasteiger partial charge in [0.25, 0.3) is 11.6 Å². The number of nitro benzene ring substituents is 1. The highest BCUT2D eigenvalue weighted by atomic mass is 32.2. The van der Waals surface area contributed by atoms with Crippen LogP contribution in [-0.4, -0.2) is 40.3 Å². The van der Waals surface area contributed by atoms with Crippen molar-refractivity contribution in [3.8, 4) is 0 Å². The number of aromatic nitrogens is 1. The molecule has 0 saturated carbocycles. The molecule has 1 fully saturated rings. The topological polar surface area (TPSA) is 136 Å². The van der Waals surface area contributed by atoms with E-state index in [0.29, 0.717) is 15.5 Å². The van der Waals surface area contributed by atoms with Crippen LogP contribution in [0.4, 0.5) is 5.69 Å². The highest BCUT2D eigenvalue weighted by Crippen LogP contribution is 2.30. The molecule has 1 aromatic carbocycles. The van der Waals surface area contributed by atoms with Gasteiger partial charge in [-0.15, -0.1) is 5.10 Å². The number of benzene rings is 1. The number of methoxy groups -OCH3 is 1. The van der Waals surface area contributed by atoms with Crippen LogP contribution >= 0.6 is 23.5 Å². The Hall–Kier alpha value is -3.51. The molecule has 152 valence electrons. The van der Waals surface area contributed by atoms with Crippen LogP contribution in [0.3, 0.4) is 0 Å². The number of amides is 1. The zero-order valence-electron chi connectivity index (χ0n) is 15.3. The fourth-order valence-corrected chi connectivity index (χ4v) is 3.74. The number of carbonyl (C=O) groups excluding carboxylic acids is 2. The highest BCUT2D eigenvalue weighted by Gasteiger charge is 2.25. The van der Waals surface area contributed by atoms with Crippen molar-refractivity contribution in [2.45, 2.75) is 9.92 Å². The van der Waals surface area contributed by atoms with E-state index in [9.17, 15) is 19.7 Å². The number of thioether (sulfide) groups is 1. The first-order valence-corrected chi connectivity index (χ1v) is 9.87. The number of amidine groups is 1. The average Bonchev–Trinajstić information content (AvgIpc) is 3.08. The maximum Gasteiger partial charge on any atom is 0.331 e. The van der Waals surface area contributed by atoms with Crippen LogP contribution in [0, 0.1) is 10.1 Å². The van der Waals surface area contributed by atoms with Gasteiger partial charge in [-0.3, -0.25) is 20.2 Å². The molecule has 2 heterocycles. The third-order valence-electron chi connectivity index (χ3n) is 3.50. The minimum Gasteiger partial charge on any atom is -0.466 e. The molecule has 1 aromatic heterocycles. The number of hydrogen-bond acceptors (Lipinski definition) is 10. The van der Waals surface area contributed by atoms with Crippen molar-refractivity contribution in [1.29, 1.82) is 0 Å². The molecule has 1 saturated heterocycles. The summed E-state index contributed by atoms with van der Waals surface area (Å²) in [5, 5.41) is 22.3. The summed E-state index contributed by atoms with van der Waals surface area (Å²) >= 11 is 2.24. The number of nitro groups is 1. The van der Waals surface area contributed by atoms with Crippen LogP contribution < -0.4 is 5.32 Å². The van der Waals surface area contributed by atoms with Gasteiger partial charge in [-0.2, -0.15) is 5.10 Å². The standard InChI is InChI=1S/C18H13N5O5S2/c1-28-16(24)9-14-17(25)21-18(30-14)22-20-10-11-8-12(23(26)27)5-6-13(11)29-15-4-2-3-7-19-15/h2-10H,1H3,(H,21,22,25)/b14-9+,20-10?. The second-order valence-corrected chi connectivity index (χ2v) is 7.58. The molecule has 0 bridgehead atoms. The molecule has 2 aromatic rings. The SMILES string of the molecule is COC(=O)/C=C1/S/C(=N\N=Cc2cc([N+](=O)[O-])ccc2Sc2ccccn2)NC1=O. The van der Waals surface area contributed by atoms with Crippen molar-refractivity contribution in [3.63, 3.8) is 0 Å². The second-order valence-electron chi connectivity index (χ2n) is 5.49. The molecule has 0 unspecified atom stereocenters. The minimum atomic E-state index is -0.662. The number of non-ortho nitro benzene ring substituents is 1. The lowest BCUT2D eigenvalue weighted by molar-refractivity contribution is -0.384. The minimum absolute atomic E-state index is 0.0960. The van der Waals surface area contributed by atoms with Crippen molar-refractivity contribution in [2.75, 3.05) is 7.11 Å². The Morgan fingerprint density at radius 1 is 1.37 bits per heavy atom. The number of nitrogens with zero attached hydrogens (tertiary/aromatic N) is 4. The smallest absolute Gasteiger partial charge is 0.331 e. The molecule has 3 rings (SSSR count). The predicted molar refractivity (Wildman–Crippen MR) is 112 cm³/mol. The molecule has 30 heavy (non-hydrogen) atoms. The van der Waals surface area contributed by atoms with Crippen LogP contribution in [-0.2, 0) is 14.3 Å². The van der Waals surface area contributed by atoms with Gasteiger partial charge >= 0.3 is 5.97 Å². The fourth-order valence-electron chi connectivity index (χ4n) is 2.15. The zero-order valence-corrected chi connectivity index (χ0v) is 17.0. The summed E-state index contributed by atoms with van der Waals surface area (Å²) in [6.07, 6.45) is 4.04. The molecular weight excluding hydrogens is 430 g/mol. The van der Waals surface area contributed by atoms with E-state index in [1.54, 1.807) is 18.3 Å². The average molecular weight is 443 g/mol. The van der Waals surface area contributed by atoms with Crippen LogP contribution in [0.25, 0.3) is 0 Å². The first kappa shape index (κ1) is 21.2. The van der Waals surface area contributed by atoms with E-state index >= 15 is 0 Å². The molecule has 1 aliphatic heterocycles. The van der Waals surface area contributed by atoms with Crippen LogP contribution in [0.2, 0.25) is 0 Å². The van der Waals surface area contributed by atoms with Gasteiger partial charge in [0, 0.05) is 34.9 Å². The number of ether oxygens (including phenoxy) is 1. The number of pyridine rings is 1. The molecule has 10 nitrogen and oxygen atoms in total. The number of rotatable bonds is 6. The summed E-state index contributed by atoms with van der Waals surface area (Å²) in [5.74, 6) is -1.16.